The van der Waals surface area contributed by atoms with E-state index >= 15 is 0 Å². The molecule has 2 amide bonds. The van der Waals surface area contributed by atoms with E-state index in [4.69, 9.17) is 35.4 Å². The number of thioether (sulfide) groups is 1. The van der Waals surface area contributed by atoms with E-state index in [1.54, 1.807) is 23.1 Å². The Morgan fingerprint density at radius 3 is 2.55 bits per heavy atom. The molecule has 0 saturated carbocycles. The summed E-state index contributed by atoms with van der Waals surface area (Å²) in [6.07, 6.45) is 4.27. The molecule has 2 aromatic carbocycles. The molecular weight excluding hydrogens is 475 g/mol. The molecule has 1 aliphatic heterocycles. The third-order valence-corrected chi connectivity index (χ3v) is 6.42. The highest BCUT2D eigenvalue weighted by molar-refractivity contribution is 8.26. The molecule has 0 aromatic heterocycles. The predicted molar refractivity (Wildman–Crippen MR) is 132 cm³/mol. The molecule has 1 fully saturated rings. The lowest BCUT2D eigenvalue weighted by atomic mass is 10.1. The maximum Gasteiger partial charge on any atom is 0.266 e. The van der Waals surface area contributed by atoms with Crippen molar-refractivity contribution in [3.8, 4) is 5.75 Å². The lowest BCUT2D eigenvalue weighted by Crippen LogP contribution is -2.29. The summed E-state index contributed by atoms with van der Waals surface area (Å²) in [5.74, 6) is -0.327. The number of rotatable bonds is 8. The van der Waals surface area contributed by atoms with Crippen LogP contribution in [0.5, 0.6) is 5.75 Å². The number of nitrogens with zero attached hydrogens (tertiary/aromatic N) is 1. The number of phenolic OH excluding ortho intramolecular Hbond substituents is 1. The summed E-state index contributed by atoms with van der Waals surface area (Å²) >= 11 is 18.4. The zero-order valence-electron chi connectivity index (χ0n) is 16.4. The highest BCUT2D eigenvalue weighted by atomic mass is 35.5. The lowest BCUT2D eigenvalue weighted by molar-refractivity contribution is -0.122. The second-order valence-electron chi connectivity index (χ2n) is 6.91. The van der Waals surface area contributed by atoms with E-state index in [1.165, 1.54) is 23.9 Å². The Hall–Kier alpha value is -2.06. The average molecular weight is 495 g/mol. The van der Waals surface area contributed by atoms with Crippen molar-refractivity contribution in [2.75, 3.05) is 11.9 Å². The van der Waals surface area contributed by atoms with Crippen molar-refractivity contribution >= 4 is 75.1 Å². The van der Waals surface area contributed by atoms with Crippen molar-refractivity contribution in [2.45, 2.75) is 25.7 Å². The fraction of sp³-hybridized carbons (Fsp3) is 0.227. The van der Waals surface area contributed by atoms with E-state index in [2.05, 4.69) is 5.32 Å². The van der Waals surface area contributed by atoms with E-state index in [9.17, 15) is 14.7 Å². The van der Waals surface area contributed by atoms with Crippen LogP contribution in [0, 0.1) is 0 Å². The van der Waals surface area contributed by atoms with Gasteiger partial charge in [0.1, 0.15) is 10.1 Å². The normalized spacial score (nSPS) is 15.0. The number of unbranched alkanes of at least 4 members (excludes halogenated alkanes) is 2. The van der Waals surface area contributed by atoms with Crippen LogP contribution in [0.1, 0.15) is 31.2 Å². The molecule has 0 atom stereocenters. The van der Waals surface area contributed by atoms with Crippen LogP contribution in [0.3, 0.4) is 0 Å². The summed E-state index contributed by atoms with van der Waals surface area (Å²) in [4.78, 5) is 26.9. The zero-order valence-corrected chi connectivity index (χ0v) is 19.6. The molecule has 2 N–H and O–H groups in total. The van der Waals surface area contributed by atoms with Crippen LogP contribution >= 0.6 is 47.2 Å². The first-order valence-corrected chi connectivity index (χ1v) is 11.6. The van der Waals surface area contributed by atoms with Crippen LogP contribution in [-0.2, 0) is 9.59 Å². The first-order valence-electron chi connectivity index (χ1n) is 9.63. The van der Waals surface area contributed by atoms with E-state index in [1.807, 2.05) is 18.2 Å². The minimum atomic E-state index is -0.200. The second-order valence-corrected chi connectivity index (χ2v) is 9.45. The van der Waals surface area contributed by atoms with Gasteiger partial charge in [0.15, 0.2) is 0 Å². The fourth-order valence-corrected chi connectivity index (χ4v) is 4.56. The molecule has 0 aliphatic carbocycles. The van der Waals surface area contributed by atoms with Gasteiger partial charge < -0.3 is 10.4 Å². The topological polar surface area (TPSA) is 69.6 Å². The summed E-state index contributed by atoms with van der Waals surface area (Å²) in [5, 5.41) is 13.5. The molecule has 0 unspecified atom stereocenters. The van der Waals surface area contributed by atoms with Crippen LogP contribution in [0.15, 0.2) is 47.4 Å². The molecule has 1 heterocycles. The van der Waals surface area contributed by atoms with Crippen molar-refractivity contribution in [1.82, 2.24) is 4.90 Å². The van der Waals surface area contributed by atoms with Gasteiger partial charge in [-0.25, -0.2) is 0 Å². The molecular formula is C22H20Cl2N2O3S2. The Morgan fingerprint density at radius 2 is 1.81 bits per heavy atom. The van der Waals surface area contributed by atoms with Crippen molar-refractivity contribution in [2.24, 2.45) is 0 Å². The number of halogens is 2. The molecule has 0 radical (unpaired) electrons. The first kappa shape index (κ1) is 23.6. The van der Waals surface area contributed by atoms with Crippen molar-refractivity contribution in [1.29, 1.82) is 0 Å². The van der Waals surface area contributed by atoms with Gasteiger partial charge in [-0.05, 0) is 54.8 Å². The largest absolute Gasteiger partial charge is 0.506 e. The standard InChI is InChI=1S/C22H20Cl2N2O3S2/c23-15-7-5-14(6-8-15)12-19-21(29)26(22(30)31-19)11-3-1-2-4-20(28)25-17-13-16(24)9-10-18(17)27/h5-10,12-13,27H,1-4,11H2,(H,25,28). The smallest absolute Gasteiger partial charge is 0.266 e. The van der Waals surface area contributed by atoms with Gasteiger partial charge in [0.25, 0.3) is 5.91 Å². The Labute approximate surface area is 200 Å². The molecule has 1 saturated heterocycles. The third-order valence-electron chi connectivity index (χ3n) is 4.56. The molecule has 2 aromatic rings. The molecule has 5 nitrogen and oxygen atoms in total. The summed E-state index contributed by atoms with van der Waals surface area (Å²) in [7, 11) is 0. The summed E-state index contributed by atoms with van der Waals surface area (Å²) in [5.41, 5.74) is 1.18. The van der Waals surface area contributed by atoms with Crippen LogP contribution in [0.4, 0.5) is 5.69 Å². The third kappa shape index (κ3) is 6.71. The number of hydrogen-bond acceptors (Lipinski definition) is 5. The Morgan fingerprint density at radius 1 is 1.10 bits per heavy atom. The maximum atomic E-state index is 12.6. The van der Waals surface area contributed by atoms with Gasteiger partial charge in [0.05, 0.1) is 10.6 Å². The molecule has 162 valence electrons. The van der Waals surface area contributed by atoms with Crippen molar-refractivity contribution < 1.29 is 14.7 Å². The number of amides is 2. The highest BCUT2D eigenvalue weighted by Gasteiger charge is 2.31. The van der Waals surface area contributed by atoms with E-state index < -0.39 is 0 Å². The summed E-state index contributed by atoms with van der Waals surface area (Å²) < 4.78 is 0.541. The highest BCUT2D eigenvalue weighted by Crippen LogP contribution is 2.33. The minimum absolute atomic E-state index is 0.0289. The molecule has 0 bridgehead atoms. The SMILES string of the molecule is O=C(CCCCCN1C(=O)C(=Cc2ccc(Cl)cc2)SC1=S)Nc1cc(Cl)ccc1O. The summed E-state index contributed by atoms with van der Waals surface area (Å²) in [6.45, 7) is 0.513. The Balaban J connectivity index is 1.42. The molecule has 31 heavy (non-hydrogen) atoms. The number of thiocarbonyl (C=S) groups is 1. The van der Waals surface area contributed by atoms with Gasteiger partial charge in [-0.15, -0.1) is 0 Å². The predicted octanol–water partition coefficient (Wildman–Crippen LogP) is 6.10. The van der Waals surface area contributed by atoms with Crippen LogP contribution in [-0.4, -0.2) is 32.7 Å². The molecule has 0 spiro atoms. The van der Waals surface area contributed by atoms with Crippen molar-refractivity contribution in [3.05, 3.63) is 63.0 Å². The van der Waals surface area contributed by atoms with E-state index in [0.29, 0.717) is 44.3 Å². The zero-order chi connectivity index (χ0) is 22.4. The van der Waals surface area contributed by atoms with Gasteiger partial charge in [0.2, 0.25) is 5.91 Å². The first-order chi connectivity index (χ1) is 14.8. The molecule has 9 heteroatoms. The van der Waals surface area contributed by atoms with Gasteiger partial charge in [-0.3, -0.25) is 14.5 Å². The number of aromatic hydroxyl groups is 1. The van der Waals surface area contributed by atoms with Gasteiger partial charge in [-0.1, -0.05) is 65.7 Å². The number of anilines is 1. The number of benzene rings is 2. The number of carbonyl (C=O) groups excluding carboxylic acids is 2. The minimum Gasteiger partial charge on any atom is -0.506 e. The van der Waals surface area contributed by atoms with E-state index in [-0.39, 0.29) is 17.6 Å². The maximum absolute atomic E-state index is 12.6. The van der Waals surface area contributed by atoms with Gasteiger partial charge in [-0.2, -0.15) is 0 Å². The summed E-state index contributed by atoms with van der Waals surface area (Å²) in [6, 6.07) is 11.7. The fourth-order valence-electron chi connectivity index (χ4n) is 2.96. The van der Waals surface area contributed by atoms with Gasteiger partial charge in [0, 0.05) is 23.0 Å². The number of hydrogen-bond donors (Lipinski definition) is 2. The lowest BCUT2D eigenvalue weighted by Gasteiger charge is -2.14. The second kappa shape index (κ2) is 11.0. The van der Waals surface area contributed by atoms with Crippen LogP contribution in [0.25, 0.3) is 6.08 Å². The number of carbonyl (C=O) groups is 2. The van der Waals surface area contributed by atoms with Crippen LogP contribution < -0.4 is 5.32 Å². The monoisotopic (exact) mass is 494 g/mol. The average Bonchev–Trinajstić information content (AvgIpc) is 2.99. The quantitative estimate of drug-likeness (QED) is 0.201. The Kier molecular flexibility index (Phi) is 8.37. The number of nitrogens with one attached hydrogen (secondary N) is 1. The van der Waals surface area contributed by atoms with Crippen LogP contribution in [0.2, 0.25) is 10.0 Å². The molecule has 1 aliphatic rings. The van der Waals surface area contributed by atoms with Gasteiger partial charge >= 0.3 is 0 Å². The number of phenols is 1. The Bertz CT molecular complexity index is 1030. The molecule has 3 rings (SSSR count). The van der Waals surface area contributed by atoms with Crippen molar-refractivity contribution in [3.63, 3.8) is 0 Å². The van der Waals surface area contributed by atoms with E-state index in [0.717, 1.165) is 18.4 Å².